The van der Waals surface area contributed by atoms with Crippen LogP contribution in [0.25, 0.3) is 17.4 Å². The Morgan fingerprint density at radius 1 is 1.33 bits per heavy atom. The molecule has 0 spiro atoms. The van der Waals surface area contributed by atoms with Crippen molar-refractivity contribution in [1.82, 2.24) is 0 Å². The highest BCUT2D eigenvalue weighted by Gasteiger charge is 2.13. The van der Waals surface area contributed by atoms with Crippen molar-refractivity contribution in [1.29, 1.82) is 5.26 Å². The lowest BCUT2D eigenvalue weighted by molar-refractivity contribution is -0.138. The van der Waals surface area contributed by atoms with E-state index in [0.29, 0.717) is 29.1 Å². The highest BCUT2D eigenvalue weighted by molar-refractivity contribution is 6.33. The topological polar surface area (TPSA) is 63.2 Å². The predicted molar refractivity (Wildman–Crippen MR) is 93.2 cm³/mol. The van der Waals surface area contributed by atoms with E-state index in [1.807, 2.05) is 38.1 Å². The quantitative estimate of drug-likeness (QED) is 0.416. The Balaban J connectivity index is 2.13. The lowest BCUT2D eigenvalue weighted by Crippen LogP contribution is -2.09. The second kappa shape index (κ2) is 8.37. The summed E-state index contributed by atoms with van der Waals surface area (Å²) in [5.41, 5.74) is 0.649. The van der Waals surface area contributed by atoms with Crippen molar-refractivity contribution in [3.05, 3.63) is 52.8 Å². The molecule has 0 saturated carbocycles. The van der Waals surface area contributed by atoms with Crippen LogP contribution in [0.15, 0.2) is 46.4 Å². The van der Waals surface area contributed by atoms with Crippen LogP contribution in [0, 0.1) is 17.2 Å². The number of esters is 1. The van der Waals surface area contributed by atoms with Gasteiger partial charge in [-0.05, 0) is 36.6 Å². The molecule has 0 fully saturated rings. The van der Waals surface area contributed by atoms with Crippen molar-refractivity contribution in [2.75, 3.05) is 6.61 Å². The van der Waals surface area contributed by atoms with E-state index >= 15 is 0 Å². The Labute approximate surface area is 146 Å². The van der Waals surface area contributed by atoms with Crippen LogP contribution in [0.2, 0.25) is 5.02 Å². The van der Waals surface area contributed by atoms with E-state index in [-0.39, 0.29) is 5.57 Å². The molecule has 0 radical (unpaired) electrons. The highest BCUT2D eigenvalue weighted by Crippen LogP contribution is 2.29. The second-order valence-electron chi connectivity index (χ2n) is 5.67. The molecule has 124 valence electrons. The smallest absolute Gasteiger partial charge is 0.349 e. The van der Waals surface area contributed by atoms with Gasteiger partial charge in [-0.15, -0.1) is 0 Å². The maximum atomic E-state index is 11.9. The molecule has 1 aromatic carbocycles. The average molecular weight is 344 g/mol. The average Bonchev–Trinajstić information content (AvgIpc) is 3.01. The zero-order valence-electron chi connectivity index (χ0n) is 13.6. The number of carbonyl (C=O) groups is 1. The van der Waals surface area contributed by atoms with Gasteiger partial charge in [0.2, 0.25) is 0 Å². The predicted octanol–water partition coefficient (Wildman–Crippen LogP) is 5.10. The fourth-order valence-electron chi connectivity index (χ4n) is 1.98. The van der Waals surface area contributed by atoms with E-state index in [2.05, 4.69) is 0 Å². The van der Waals surface area contributed by atoms with E-state index in [0.717, 1.165) is 12.0 Å². The Morgan fingerprint density at radius 3 is 2.75 bits per heavy atom. The normalized spacial score (nSPS) is 11.4. The third-order valence-corrected chi connectivity index (χ3v) is 3.65. The standard InChI is InChI=1S/C19H18ClNO3/c1-13(2)9-10-23-19(22)14(12-21)11-15-7-8-18(24-15)16-5-3-4-6-17(16)20/h3-8,11,13H,9-10H2,1-2H3/b14-11+. The number of furan rings is 1. The van der Waals surface area contributed by atoms with Crippen LogP contribution in [0.1, 0.15) is 26.0 Å². The van der Waals surface area contributed by atoms with Crippen molar-refractivity contribution in [3.63, 3.8) is 0 Å². The summed E-state index contributed by atoms with van der Waals surface area (Å²) in [7, 11) is 0. The Hall–Kier alpha value is -2.51. The van der Waals surface area contributed by atoms with E-state index in [9.17, 15) is 4.79 Å². The van der Waals surface area contributed by atoms with E-state index in [4.69, 9.17) is 26.0 Å². The minimum absolute atomic E-state index is 0.0983. The first-order valence-electron chi connectivity index (χ1n) is 7.65. The van der Waals surface area contributed by atoms with Gasteiger partial charge in [0, 0.05) is 11.6 Å². The van der Waals surface area contributed by atoms with Crippen molar-refractivity contribution >= 4 is 23.6 Å². The monoisotopic (exact) mass is 343 g/mol. The Kier molecular flexibility index (Phi) is 6.22. The number of nitrogens with zero attached hydrogens (tertiary/aromatic N) is 1. The van der Waals surface area contributed by atoms with Crippen LogP contribution >= 0.6 is 11.6 Å². The third-order valence-electron chi connectivity index (χ3n) is 3.32. The third kappa shape index (κ3) is 4.74. The van der Waals surface area contributed by atoms with Gasteiger partial charge < -0.3 is 9.15 Å². The summed E-state index contributed by atoms with van der Waals surface area (Å²) in [6, 6.07) is 12.6. The maximum absolute atomic E-state index is 11.9. The summed E-state index contributed by atoms with van der Waals surface area (Å²) in [6.45, 7) is 4.36. The van der Waals surface area contributed by atoms with Crippen LogP contribution in [0.4, 0.5) is 0 Å². The first kappa shape index (κ1) is 17.8. The molecule has 0 amide bonds. The molecule has 1 heterocycles. The number of hydrogen-bond donors (Lipinski definition) is 0. The summed E-state index contributed by atoms with van der Waals surface area (Å²) in [6.07, 6.45) is 2.12. The summed E-state index contributed by atoms with van der Waals surface area (Å²) in [5, 5.41) is 9.72. The first-order chi connectivity index (χ1) is 11.5. The van der Waals surface area contributed by atoms with Gasteiger partial charge in [0.15, 0.2) is 0 Å². The molecule has 4 nitrogen and oxygen atoms in total. The number of benzene rings is 1. The van der Waals surface area contributed by atoms with Gasteiger partial charge in [-0.2, -0.15) is 5.26 Å². The molecule has 0 aliphatic rings. The lowest BCUT2D eigenvalue weighted by Gasteiger charge is -2.05. The molecule has 0 aliphatic carbocycles. The molecule has 2 rings (SSSR count). The van der Waals surface area contributed by atoms with E-state index in [1.54, 1.807) is 18.2 Å². The Bertz CT molecular complexity index is 784. The van der Waals surface area contributed by atoms with Gasteiger partial charge in [0.1, 0.15) is 23.2 Å². The zero-order chi connectivity index (χ0) is 17.5. The van der Waals surface area contributed by atoms with Gasteiger partial charge in [0.05, 0.1) is 11.6 Å². The first-order valence-corrected chi connectivity index (χ1v) is 8.02. The fourth-order valence-corrected chi connectivity index (χ4v) is 2.21. The van der Waals surface area contributed by atoms with E-state index < -0.39 is 5.97 Å². The van der Waals surface area contributed by atoms with Crippen molar-refractivity contribution in [3.8, 4) is 17.4 Å². The molecule has 0 bridgehead atoms. The Morgan fingerprint density at radius 2 is 2.08 bits per heavy atom. The molecule has 0 atom stereocenters. The summed E-state index contributed by atoms with van der Waals surface area (Å²) in [4.78, 5) is 11.9. The van der Waals surface area contributed by atoms with Gasteiger partial charge >= 0.3 is 5.97 Å². The molecule has 0 aliphatic heterocycles. The molecule has 1 aromatic heterocycles. The molecule has 5 heteroatoms. The van der Waals surface area contributed by atoms with Crippen molar-refractivity contribution in [2.45, 2.75) is 20.3 Å². The molecule has 2 aromatic rings. The van der Waals surface area contributed by atoms with Crippen LogP contribution in [-0.2, 0) is 9.53 Å². The SMILES string of the molecule is CC(C)CCOC(=O)/C(C#N)=C/c1ccc(-c2ccccc2Cl)o1. The molecular formula is C19H18ClNO3. The van der Waals surface area contributed by atoms with Crippen LogP contribution in [0.5, 0.6) is 0 Å². The number of halogens is 1. The van der Waals surface area contributed by atoms with E-state index in [1.165, 1.54) is 6.08 Å². The zero-order valence-corrected chi connectivity index (χ0v) is 14.3. The summed E-state index contributed by atoms with van der Waals surface area (Å²) >= 11 is 6.13. The van der Waals surface area contributed by atoms with Gasteiger partial charge in [-0.1, -0.05) is 37.6 Å². The minimum Gasteiger partial charge on any atom is -0.462 e. The molecular weight excluding hydrogens is 326 g/mol. The van der Waals surface area contributed by atoms with Gasteiger partial charge in [0.25, 0.3) is 0 Å². The second-order valence-corrected chi connectivity index (χ2v) is 6.08. The van der Waals surface area contributed by atoms with Crippen molar-refractivity contribution < 1.29 is 13.9 Å². The van der Waals surface area contributed by atoms with Crippen LogP contribution < -0.4 is 0 Å². The summed E-state index contributed by atoms with van der Waals surface area (Å²) < 4.78 is 10.8. The van der Waals surface area contributed by atoms with Crippen molar-refractivity contribution in [2.24, 2.45) is 5.92 Å². The van der Waals surface area contributed by atoms with Gasteiger partial charge in [-0.25, -0.2) is 4.79 Å². The van der Waals surface area contributed by atoms with Crippen LogP contribution in [0.3, 0.4) is 0 Å². The number of hydrogen-bond acceptors (Lipinski definition) is 4. The van der Waals surface area contributed by atoms with Gasteiger partial charge in [-0.3, -0.25) is 0 Å². The highest BCUT2D eigenvalue weighted by atomic mass is 35.5. The molecule has 0 unspecified atom stereocenters. The number of ether oxygens (including phenoxy) is 1. The number of nitriles is 1. The fraction of sp³-hybridized carbons (Fsp3) is 0.263. The largest absolute Gasteiger partial charge is 0.462 e. The molecule has 0 saturated heterocycles. The molecule has 24 heavy (non-hydrogen) atoms. The minimum atomic E-state index is -0.645. The maximum Gasteiger partial charge on any atom is 0.349 e. The summed E-state index contributed by atoms with van der Waals surface area (Å²) in [5.74, 6) is 0.740. The molecule has 0 N–H and O–H groups in total. The number of carbonyl (C=O) groups excluding carboxylic acids is 1. The number of rotatable bonds is 6. The lowest BCUT2D eigenvalue weighted by atomic mass is 10.1. The van der Waals surface area contributed by atoms with Crippen LogP contribution in [-0.4, -0.2) is 12.6 Å².